The quantitative estimate of drug-likeness (QED) is 0.457. The van der Waals surface area contributed by atoms with Gasteiger partial charge in [0, 0.05) is 20.9 Å². The van der Waals surface area contributed by atoms with Crippen molar-refractivity contribution < 1.29 is 4.74 Å². The van der Waals surface area contributed by atoms with Crippen LogP contribution in [0.5, 0.6) is 0 Å². The summed E-state index contributed by atoms with van der Waals surface area (Å²) in [6, 6.07) is 3.17. The Bertz CT molecular complexity index is 536. The Morgan fingerprint density at radius 2 is 2.17 bits per heavy atom. The molecule has 0 unspecified atom stereocenters. The molecular formula is C12H18IN3OSi. The molecule has 18 heavy (non-hydrogen) atoms. The monoisotopic (exact) mass is 375 g/mol. The molecule has 0 atom stereocenters. The molecule has 0 N–H and O–H groups in total. The van der Waals surface area contributed by atoms with Crippen molar-refractivity contribution in [2.45, 2.75) is 32.4 Å². The fraction of sp³-hybridized carbons (Fsp3) is 0.500. The summed E-state index contributed by atoms with van der Waals surface area (Å²) >= 11 is 2.17. The molecule has 4 nitrogen and oxygen atoms in total. The SMILES string of the molecule is C[Si](C)(C)CCOCn1ccc2nc(I)cnc21. The summed E-state index contributed by atoms with van der Waals surface area (Å²) in [5.41, 5.74) is 1.82. The molecule has 0 saturated heterocycles. The highest BCUT2D eigenvalue weighted by atomic mass is 127. The molecule has 0 saturated carbocycles. The van der Waals surface area contributed by atoms with E-state index in [-0.39, 0.29) is 0 Å². The first-order valence-corrected chi connectivity index (χ1v) is 10.8. The summed E-state index contributed by atoms with van der Waals surface area (Å²) < 4.78 is 8.64. The Morgan fingerprint density at radius 1 is 1.39 bits per heavy atom. The van der Waals surface area contributed by atoms with Crippen LogP contribution in [0.15, 0.2) is 18.5 Å². The summed E-state index contributed by atoms with van der Waals surface area (Å²) in [5.74, 6) is 0. The first-order valence-electron chi connectivity index (χ1n) is 6.01. The summed E-state index contributed by atoms with van der Waals surface area (Å²) in [4.78, 5) is 8.81. The first-order chi connectivity index (χ1) is 8.46. The predicted molar refractivity (Wildman–Crippen MR) is 84.4 cm³/mol. The standard InChI is InChI=1S/C12H18IN3OSi/c1-18(2,3)7-6-17-9-16-5-4-10-12(16)14-8-11(13)15-10/h4-5,8H,6-7,9H2,1-3H3. The summed E-state index contributed by atoms with van der Waals surface area (Å²) in [6.45, 7) is 8.45. The maximum atomic E-state index is 5.72. The van der Waals surface area contributed by atoms with E-state index in [4.69, 9.17) is 4.74 Å². The van der Waals surface area contributed by atoms with Gasteiger partial charge in [-0.25, -0.2) is 9.97 Å². The van der Waals surface area contributed by atoms with Crippen LogP contribution in [0.3, 0.4) is 0 Å². The Kier molecular flexibility index (Phi) is 4.39. The Balaban J connectivity index is 1.96. The molecule has 0 spiro atoms. The van der Waals surface area contributed by atoms with Crippen molar-refractivity contribution in [3.8, 4) is 0 Å². The lowest BCUT2D eigenvalue weighted by atomic mass is 10.5. The third kappa shape index (κ3) is 3.76. The van der Waals surface area contributed by atoms with E-state index in [0.717, 1.165) is 21.5 Å². The number of ether oxygens (including phenoxy) is 1. The van der Waals surface area contributed by atoms with Crippen LogP contribution < -0.4 is 0 Å². The van der Waals surface area contributed by atoms with E-state index in [1.807, 2.05) is 16.8 Å². The molecule has 0 amide bonds. The molecule has 0 aliphatic heterocycles. The molecule has 2 aromatic rings. The Labute approximate surface area is 122 Å². The van der Waals surface area contributed by atoms with Crippen LogP contribution in [0.1, 0.15) is 0 Å². The zero-order chi connectivity index (χ0) is 13.2. The van der Waals surface area contributed by atoms with Crippen LogP contribution in [0.2, 0.25) is 25.7 Å². The van der Waals surface area contributed by atoms with Gasteiger partial charge in [0.1, 0.15) is 15.9 Å². The number of halogens is 1. The van der Waals surface area contributed by atoms with Crippen LogP contribution in [0.25, 0.3) is 11.2 Å². The molecular weight excluding hydrogens is 357 g/mol. The first kappa shape index (κ1) is 13.9. The molecule has 2 heterocycles. The molecule has 98 valence electrons. The third-order valence-electron chi connectivity index (χ3n) is 2.66. The summed E-state index contributed by atoms with van der Waals surface area (Å²) in [7, 11) is -1.00. The van der Waals surface area contributed by atoms with Crippen LogP contribution in [-0.2, 0) is 11.5 Å². The van der Waals surface area contributed by atoms with Crippen molar-refractivity contribution in [2.75, 3.05) is 6.61 Å². The number of aromatic nitrogens is 3. The zero-order valence-corrected chi connectivity index (χ0v) is 14.1. The van der Waals surface area contributed by atoms with Crippen molar-refractivity contribution in [3.63, 3.8) is 0 Å². The number of hydrogen-bond donors (Lipinski definition) is 0. The summed E-state index contributed by atoms with van der Waals surface area (Å²) in [6.07, 6.45) is 3.76. The van der Waals surface area contributed by atoms with Gasteiger partial charge in [0.25, 0.3) is 0 Å². The van der Waals surface area contributed by atoms with Gasteiger partial charge in [0.15, 0.2) is 5.65 Å². The minimum absolute atomic E-state index is 0.559. The van der Waals surface area contributed by atoms with Crippen molar-refractivity contribution >= 4 is 41.8 Å². The molecule has 0 aliphatic carbocycles. The van der Waals surface area contributed by atoms with Crippen LogP contribution in [0, 0.1) is 3.70 Å². The highest BCUT2D eigenvalue weighted by Crippen LogP contribution is 2.13. The van der Waals surface area contributed by atoms with E-state index in [9.17, 15) is 0 Å². The molecule has 0 aromatic carbocycles. The van der Waals surface area contributed by atoms with Gasteiger partial charge < -0.3 is 9.30 Å². The van der Waals surface area contributed by atoms with Gasteiger partial charge in [-0.1, -0.05) is 19.6 Å². The zero-order valence-electron chi connectivity index (χ0n) is 11.0. The molecule has 0 fully saturated rings. The largest absolute Gasteiger partial charge is 0.361 e. The van der Waals surface area contributed by atoms with E-state index in [0.29, 0.717) is 6.73 Å². The number of rotatable bonds is 5. The molecule has 0 radical (unpaired) electrons. The Hall–Kier alpha value is -0.473. The van der Waals surface area contributed by atoms with E-state index in [1.165, 1.54) is 6.04 Å². The molecule has 0 aliphatic rings. The van der Waals surface area contributed by atoms with Crippen molar-refractivity contribution in [2.24, 2.45) is 0 Å². The molecule has 2 aromatic heterocycles. The Morgan fingerprint density at radius 3 is 2.89 bits per heavy atom. The second-order valence-electron chi connectivity index (χ2n) is 5.54. The van der Waals surface area contributed by atoms with Crippen molar-refractivity contribution in [3.05, 3.63) is 22.2 Å². The second kappa shape index (κ2) is 5.66. The second-order valence-corrected chi connectivity index (χ2v) is 12.3. The van der Waals surface area contributed by atoms with Crippen molar-refractivity contribution in [1.82, 2.24) is 14.5 Å². The van der Waals surface area contributed by atoms with E-state index >= 15 is 0 Å². The minimum atomic E-state index is -1.00. The van der Waals surface area contributed by atoms with Gasteiger partial charge >= 0.3 is 0 Å². The highest BCUT2D eigenvalue weighted by Gasteiger charge is 2.12. The number of fused-ring (bicyclic) bond motifs is 1. The van der Waals surface area contributed by atoms with E-state index in [2.05, 4.69) is 52.2 Å². The van der Waals surface area contributed by atoms with Gasteiger partial charge in [-0.05, 0) is 34.7 Å². The van der Waals surface area contributed by atoms with Gasteiger partial charge in [-0.15, -0.1) is 0 Å². The summed E-state index contributed by atoms with van der Waals surface area (Å²) in [5, 5.41) is 0. The lowest BCUT2D eigenvalue weighted by Gasteiger charge is -2.15. The fourth-order valence-corrected chi connectivity index (χ4v) is 2.74. The maximum absolute atomic E-state index is 5.72. The van der Waals surface area contributed by atoms with Crippen LogP contribution in [0.4, 0.5) is 0 Å². The smallest absolute Gasteiger partial charge is 0.160 e. The van der Waals surface area contributed by atoms with Gasteiger partial charge in [0.05, 0.1) is 6.20 Å². The molecule has 0 bridgehead atoms. The fourth-order valence-electron chi connectivity index (χ4n) is 1.58. The van der Waals surface area contributed by atoms with Crippen LogP contribution in [-0.4, -0.2) is 29.2 Å². The number of nitrogens with zero attached hydrogens (tertiary/aromatic N) is 3. The average molecular weight is 375 g/mol. The lowest BCUT2D eigenvalue weighted by molar-refractivity contribution is 0.0899. The van der Waals surface area contributed by atoms with E-state index < -0.39 is 8.07 Å². The number of hydrogen-bond acceptors (Lipinski definition) is 3. The van der Waals surface area contributed by atoms with Gasteiger partial charge in [-0.3, -0.25) is 0 Å². The predicted octanol–water partition coefficient (Wildman–Crippen LogP) is 3.35. The third-order valence-corrected chi connectivity index (χ3v) is 4.88. The van der Waals surface area contributed by atoms with E-state index in [1.54, 1.807) is 6.20 Å². The van der Waals surface area contributed by atoms with Gasteiger partial charge in [0.2, 0.25) is 0 Å². The van der Waals surface area contributed by atoms with Crippen LogP contribution >= 0.6 is 22.6 Å². The normalized spacial score (nSPS) is 12.2. The molecule has 6 heteroatoms. The minimum Gasteiger partial charge on any atom is -0.361 e. The van der Waals surface area contributed by atoms with Gasteiger partial charge in [-0.2, -0.15) is 0 Å². The lowest BCUT2D eigenvalue weighted by Crippen LogP contribution is -2.22. The topological polar surface area (TPSA) is 39.9 Å². The van der Waals surface area contributed by atoms with Crippen molar-refractivity contribution in [1.29, 1.82) is 0 Å². The highest BCUT2D eigenvalue weighted by molar-refractivity contribution is 14.1. The maximum Gasteiger partial charge on any atom is 0.160 e. The average Bonchev–Trinajstić information content (AvgIpc) is 2.65. The molecule has 2 rings (SSSR count).